The van der Waals surface area contributed by atoms with Crippen LogP contribution in [0.2, 0.25) is 0 Å². The quantitative estimate of drug-likeness (QED) is 0.503. The van der Waals surface area contributed by atoms with Gasteiger partial charge in [-0.2, -0.15) is 0 Å². The molecule has 10 nitrogen and oxygen atoms in total. The average Bonchev–Trinajstić information content (AvgIpc) is 2.30. The molecule has 1 unspecified atom stereocenters. The van der Waals surface area contributed by atoms with Crippen LogP contribution >= 0.6 is 0 Å². The van der Waals surface area contributed by atoms with E-state index in [1.165, 1.54) is 6.92 Å². The number of carbonyl (C=O) groups is 5. The van der Waals surface area contributed by atoms with E-state index >= 15 is 0 Å². The van der Waals surface area contributed by atoms with E-state index in [0.29, 0.717) is 4.90 Å². The van der Waals surface area contributed by atoms with Crippen molar-refractivity contribution in [1.82, 2.24) is 15.1 Å². The van der Waals surface area contributed by atoms with E-state index in [1.54, 1.807) is 0 Å². The van der Waals surface area contributed by atoms with Crippen molar-refractivity contribution in [2.45, 2.75) is 13.0 Å². The number of carbonyl (C=O) groups excluding carboxylic acids is 3. The molecule has 0 spiro atoms. The number of imide groups is 1. The molecule has 1 fully saturated rings. The lowest BCUT2D eigenvalue weighted by molar-refractivity contribution is -0.140. The fraction of sp³-hybridized carbons (Fsp3) is 0.500. The fourth-order valence-corrected chi connectivity index (χ4v) is 1.65. The summed E-state index contributed by atoms with van der Waals surface area (Å²) in [5.41, 5.74) is 0. The normalized spacial score (nSPS) is 18.4. The number of carboxylic acids is 2. The lowest BCUT2D eigenvalue weighted by Crippen LogP contribution is -2.61. The summed E-state index contributed by atoms with van der Waals surface area (Å²) < 4.78 is 0. The maximum atomic E-state index is 12.1. The highest BCUT2D eigenvalue weighted by atomic mass is 16.4. The minimum Gasteiger partial charge on any atom is -0.480 e. The largest absolute Gasteiger partial charge is 0.480 e. The molecule has 20 heavy (non-hydrogen) atoms. The van der Waals surface area contributed by atoms with Crippen molar-refractivity contribution in [2.24, 2.45) is 0 Å². The smallest absolute Gasteiger partial charge is 0.323 e. The predicted octanol–water partition coefficient (Wildman–Crippen LogP) is -2.08. The SMILES string of the molecule is CC1C(=O)NC(=O)CN1C(=O)N(CC(=O)O)CC(=O)O. The van der Waals surface area contributed by atoms with E-state index in [2.05, 4.69) is 0 Å². The van der Waals surface area contributed by atoms with Crippen LogP contribution in [0.15, 0.2) is 0 Å². The zero-order chi connectivity index (χ0) is 15.4. The predicted molar refractivity (Wildman–Crippen MR) is 61.6 cm³/mol. The Morgan fingerprint density at radius 1 is 1.25 bits per heavy atom. The van der Waals surface area contributed by atoms with Crippen molar-refractivity contribution < 1.29 is 34.2 Å². The number of nitrogens with one attached hydrogen (secondary N) is 1. The van der Waals surface area contributed by atoms with Crippen molar-refractivity contribution >= 4 is 29.8 Å². The Labute approximate surface area is 112 Å². The van der Waals surface area contributed by atoms with Crippen LogP contribution in [0, 0.1) is 0 Å². The molecule has 0 aliphatic carbocycles. The average molecular weight is 287 g/mol. The van der Waals surface area contributed by atoms with Crippen molar-refractivity contribution in [2.75, 3.05) is 19.6 Å². The number of piperazine rings is 1. The Balaban J connectivity index is 2.91. The van der Waals surface area contributed by atoms with Gasteiger partial charge in [-0.15, -0.1) is 0 Å². The Kier molecular flexibility index (Phi) is 4.62. The zero-order valence-electron chi connectivity index (χ0n) is 10.5. The lowest BCUT2D eigenvalue weighted by atomic mass is 10.2. The molecule has 0 saturated carbocycles. The first-order valence-electron chi connectivity index (χ1n) is 5.55. The summed E-state index contributed by atoms with van der Waals surface area (Å²) in [7, 11) is 0. The number of hydrogen-bond donors (Lipinski definition) is 3. The van der Waals surface area contributed by atoms with E-state index in [1.807, 2.05) is 5.32 Å². The second-order valence-electron chi connectivity index (χ2n) is 4.14. The van der Waals surface area contributed by atoms with Crippen molar-refractivity contribution in [3.05, 3.63) is 0 Å². The van der Waals surface area contributed by atoms with Gasteiger partial charge in [0, 0.05) is 0 Å². The first-order valence-corrected chi connectivity index (χ1v) is 5.55. The van der Waals surface area contributed by atoms with Gasteiger partial charge >= 0.3 is 18.0 Å². The third-order valence-corrected chi connectivity index (χ3v) is 2.59. The third kappa shape index (κ3) is 3.67. The molecule has 0 aromatic carbocycles. The van der Waals surface area contributed by atoms with E-state index in [-0.39, 0.29) is 0 Å². The van der Waals surface area contributed by atoms with Crippen LogP contribution < -0.4 is 5.32 Å². The van der Waals surface area contributed by atoms with Crippen LogP contribution in [-0.4, -0.2) is 75.5 Å². The summed E-state index contributed by atoms with van der Waals surface area (Å²) >= 11 is 0. The molecule has 10 heteroatoms. The second kappa shape index (κ2) is 5.99. The summed E-state index contributed by atoms with van der Waals surface area (Å²) in [6.45, 7) is -0.783. The molecule has 3 N–H and O–H groups in total. The van der Waals surface area contributed by atoms with E-state index in [0.717, 1.165) is 4.90 Å². The molecule has 0 aromatic heterocycles. The molecule has 1 rings (SSSR count). The molecule has 1 atom stereocenters. The molecule has 0 aromatic rings. The molecule has 0 radical (unpaired) electrons. The van der Waals surface area contributed by atoms with Gasteiger partial charge in [0.25, 0.3) is 0 Å². The van der Waals surface area contributed by atoms with Gasteiger partial charge in [0.15, 0.2) is 0 Å². The molecule has 1 aliphatic rings. The number of carboxylic acid groups (broad SMARTS) is 2. The maximum Gasteiger partial charge on any atom is 0.323 e. The van der Waals surface area contributed by atoms with Gasteiger partial charge in [0.1, 0.15) is 25.7 Å². The number of amides is 4. The molecule has 110 valence electrons. The lowest BCUT2D eigenvalue weighted by Gasteiger charge is -2.34. The van der Waals surface area contributed by atoms with E-state index in [4.69, 9.17) is 10.2 Å². The van der Waals surface area contributed by atoms with Crippen molar-refractivity contribution in [1.29, 1.82) is 0 Å². The molecule has 1 saturated heterocycles. The summed E-state index contributed by atoms with van der Waals surface area (Å²) in [4.78, 5) is 57.3. The van der Waals surface area contributed by atoms with Gasteiger partial charge in [-0.25, -0.2) is 4.79 Å². The standard InChI is InChI=1S/C10H13N3O7/c1-5-9(19)11-6(14)2-13(5)10(20)12(3-7(15)16)4-8(17)18/h5H,2-4H2,1H3,(H,15,16)(H,17,18)(H,11,14,19). The molecule has 0 bridgehead atoms. The second-order valence-corrected chi connectivity index (χ2v) is 4.14. The molecule has 1 heterocycles. The van der Waals surface area contributed by atoms with E-state index in [9.17, 15) is 24.0 Å². The number of rotatable bonds is 4. The van der Waals surface area contributed by atoms with Crippen LogP contribution in [0.25, 0.3) is 0 Å². The van der Waals surface area contributed by atoms with Crippen LogP contribution in [-0.2, 0) is 19.2 Å². The first-order chi connectivity index (χ1) is 9.22. The van der Waals surface area contributed by atoms with Gasteiger partial charge in [-0.3, -0.25) is 24.5 Å². The van der Waals surface area contributed by atoms with Gasteiger partial charge in [0.2, 0.25) is 11.8 Å². The highest BCUT2D eigenvalue weighted by Gasteiger charge is 2.36. The highest BCUT2D eigenvalue weighted by molar-refractivity contribution is 6.04. The Hall–Kier alpha value is -2.65. The Morgan fingerprint density at radius 2 is 1.75 bits per heavy atom. The Morgan fingerprint density at radius 3 is 2.20 bits per heavy atom. The third-order valence-electron chi connectivity index (χ3n) is 2.59. The Bertz CT molecular complexity index is 459. The summed E-state index contributed by atoms with van der Waals surface area (Å²) in [5.74, 6) is -4.23. The first kappa shape index (κ1) is 15.4. The van der Waals surface area contributed by atoms with Gasteiger partial charge < -0.3 is 20.0 Å². The van der Waals surface area contributed by atoms with E-state index < -0.39 is 55.5 Å². The minimum absolute atomic E-state index is 0.443. The van der Waals surface area contributed by atoms with Crippen LogP contribution in [0.5, 0.6) is 0 Å². The van der Waals surface area contributed by atoms with Crippen molar-refractivity contribution in [3.63, 3.8) is 0 Å². The summed E-state index contributed by atoms with van der Waals surface area (Å²) in [5, 5.41) is 19.3. The van der Waals surface area contributed by atoms with Gasteiger partial charge in [-0.05, 0) is 6.92 Å². The van der Waals surface area contributed by atoms with Crippen molar-refractivity contribution in [3.8, 4) is 0 Å². The molecule has 1 aliphatic heterocycles. The number of aliphatic carboxylic acids is 2. The summed E-state index contributed by atoms with van der Waals surface area (Å²) in [6, 6.07) is -1.99. The van der Waals surface area contributed by atoms with Crippen LogP contribution in [0.1, 0.15) is 6.92 Å². The monoisotopic (exact) mass is 287 g/mol. The number of nitrogens with zero attached hydrogens (tertiary/aromatic N) is 2. The van der Waals surface area contributed by atoms with Gasteiger partial charge in [0.05, 0.1) is 0 Å². The maximum absolute atomic E-state index is 12.1. The topological polar surface area (TPSA) is 144 Å². The molecular weight excluding hydrogens is 274 g/mol. The van der Waals surface area contributed by atoms with Gasteiger partial charge in [-0.1, -0.05) is 0 Å². The zero-order valence-corrected chi connectivity index (χ0v) is 10.5. The number of urea groups is 1. The molecular formula is C10H13N3O7. The van der Waals surface area contributed by atoms with Crippen LogP contribution in [0.3, 0.4) is 0 Å². The summed E-state index contributed by atoms with van der Waals surface area (Å²) in [6.07, 6.45) is 0. The number of hydrogen-bond acceptors (Lipinski definition) is 5. The minimum atomic E-state index is -1.40. The molecule has 4 amide bonds. The van der Waals surface area contributed by atoms with Crippen LogP contribution in [0.4, 0.5) is 4.79 Å². The fourth-order valence-electron chi connectivity index (χ4n) is 1.65. The highest BCUT2D eigenvalue weighted by Crippen LogP contribution is 2.09.